The van der Waals surface area contributed by atoms with E-state index in [0.717, 1.165) is 47.6 Å². The Morgan fingerprint density at radius 2 is 1.95 bits per heavy atom. The maximum Gasteiger partial charge on any atom is 0.221 e. The lowest BCUT2D eigenvalue weighted by Gasteiger charge is -2.12. The second-order valence-electron chi connectivity index (χ2n) is 5.52. The van der Waals surface area contributed by atoms with E-state index < -0.39 is 0 Å². The van der Waals surface area contributed by atoms with Crippen LogP contribution in [0.2, 0.25) is 0 Å². The number of benzene rings is 1. The van der Waals surface area contributed by atoms with Crippen molar-refractivity contribution in [2.75, 3.05) is 12.3 Å². The third kappa shape index (κ3) is 3.87. The molecule has 0 radical (unpaired) electrons. The lowest BCUT2D eigenvalue weighted by Crippen LogP contribution is -2.01. The Labute approximate surface area is 131 Å². The first kappa shape index (κ1) is 16.1. The monoisotopic (exact) mass is 300 g/mol. The number of aryl methyl sites for hydroxylation is 3. The fourth-order valence-electron chi connectivity index (χ4n) is 2.33. The van der Waals surface area contributed by atoms with E-state index in [1.54, 1.807) is 17.1 Å². The van der Waals surface area contributed by atoms with E-state index in [1.807, 2.05) is 6.92 Å². The number of hydrogen-bond acceptors (Lipinski definition) is 4. The third-order valence-electron chi connectivity index (χ3n) is 3.39. The van der Waals surface area contributed by atoms with E-state index in [1.165, 1.54) is 0 Å². The molecule has 1 aromatic carbocycles. The van der Waals surface area contributed by atoms with Crippen LogP contribution in [0.4, 0.5) is 5.95 Å². The van der Waals surface area contributed by atoms with E-state index in [2.05, 4.69) is 43.0 Å². The molecule has 5 nitrogen and oxygen atoms in total. The maximum absolute atomic E-state index is 5.87. The molecule has 0 spiro atoms. The van der Waals surface area contributed by atoms with E-state index in [4.69, 9.17) is 10.5 Å². The zero-order chi connectivity index (χ0) is 16.1. The molecule has 0 saturated heterocycles. The van der Waals surface area contributed by atoms with Crippen molar-refractivity contribution in [2.24, 2.45) is 5.10 Å². The van der Waals surface area contributed by atoms with Crippen molar-refractivity contribution in [2.45, 2.75) is 40.5 Å². The highest BCUT2D eigenvalue weighted by molar-refractivity contribution is 5.81. The fraction of sp³-hybridized carbons (Fsp3) is 0.412. The van der Waals surface area contributed by atoms with Crippen LogP contribution >= 0.6 is 0 Å². The van der Waals surface area contributed by atoms with Gasteiger partial charge in [-0.3, -0.25) is 0 Å². The number of imidazole rings is 1. The summed E-state index contributed by atoms with van der Waals surface area (Å²) in [5.74, 6) is 1.37. The Hall–Kier alpha value is -2.30. The van der Waals surface area contributed by atoms with Gasteiger partial charge in [-0.05, 0) is 56.0 Å². The number of nitrogens with two attached hydrogens (primary N) is 1. The summed E-state index contributed by atoms with van der Waals surface area (Å²) in [6, 6.07) is 4.13. The molecule has 0 amide bonds. The highest BCUT2D eigenvalue weighted by Crippen LogP contribution is 2.24. The molecule has 0 fully saturated rings. The van der Waals surface area contributed by atoms with Crippen LogP contribution < -0.4 is 10.5 Å². The number of anilines is 1. The van der Waals surface area contributed by atoms with Gasteiger partial charge in [-0.1, -0.05) is 13.3 Å². The zero-order valence-electron chi connectivity index (χ0n) is 13.8. The predicted octanol–water partition coefficient (Wildman–Crippen LogP) is 3.45. The minimum Gasteiger partial charge on any atom is -0.493 e. The predicted molar refractivity (Wildman–Crippen MR) is 90.7 cm³/mol. The van der Waals surface area contributed by atoms with Crippen molar-refractivity contribution in [3.63, 3.8) is 0 Å². The first-order chi connectivity index (χ1) is 10.5. The van der Waals surface area contributed by atoms with Gasteiger partial charge in [0.15, 0.2) is 0 Å². The van der Waals surface area contributed by atoms with Crippen LogP contribution in [0.5, 0.6) is 5.75 Å². The minimum atomic E-state index is 0.390. The molecule has 2 aromatic rings. The number of ether oxygens (including phenoxy) is 1. The molecular formula is C17H24N4O. The van der Waals surface area contributed by atoms with Crippen molar-refractivity contribution in [1.82, 2.24) is 9.66 Å². The summed E-state index contributed by atoms with van der Waals surface area (Å²) in [6.07, 6.45) is 5.79. The first-order valence-electron chi connectivity index (χ1n) is 7.61. The lowest BCUT2D eigenvalue weighted by molar-refractivity contribution is 0.305. The van der Waals surface area contributed by atoms with Crippen molar-refractivity contribution >= 4 is 12.2 Å². The van der Waals surface area contributed by atoms with Crippen LogP contribution in [0, 0.1) is 20.8 Å². The normalized spacial score (nSPS) is 11.3. The molecule has 2 rings (SSSR count). The van der Waals surface area contributed by atoms with Gasteiger partial charge in [0.25, 0.3) is 0 Å². The molecule has 0 bridgehead atoms. The Morgan fingerprint density at radius 1 is 1.27 bits per heavy atom. The standard InChI is InChI=1S/C17H24N4O/c1-5-6-7-22-16-12(2)8-15(9-13(16)3)10-19-21-11-14(4)20-17(21)18/h8-11H,5-7H2,1-4H3,(H2,18,20). The Morgan fingerprint density at radius 3 is 2.50 bits per heavy atom. The van der Waals surface area contributed by atoms with Crippen LogP contribution in [0.25, 0.3) is 0 Å². The second-order valence-corrected chi connectivity index (χ2v) is 5.52. The molecule has 0 unspecified atom stereocenters. The van der Waals surface area contributed by atoms with Gasteiger partial charge in [-0.25, -0.2) is 9.66 Å². The number of nitrogens with zero attached hydrogens (tertiary/aromatic N) is 3. The van der Waals surface area contributed by atoms with Gasteiger partial charge in [-0.15, -0.1) is 0 Å². The number of aromatic nitrogens is 2. The summed E-state index contributed by atoms with van der Waals surface area (Å²) in [4.78, 5) is 4.12. The van der Waals surface area contributed by atoms with Crippen LogP contribution in [0.3, 0.4) is 0 Å². The largest absolute Gasteiger partial charge is 0.493 e. The molecule has 1 aromatic heterocycles. The van der Waals surface area contributed by atoms with Crippen molar-refractivity contribution < 1.29 is 4.74 Å². The van der Waals surface area contributed by atoms with Gasteiger partial charge < -0.3 is 10.5 Å². The maximum atomic E-state index is 5.87. The van der Waals surface area contributed by atoms with E-state index in [-0.39, 0.29) is 0 Å². The second kappa shape index (κ2) is 7.11. The highest BCUT2D eigenvalue weighted by Gasteiger charge is 2.06. The molecule has 0 aliphatic heterocycles. The third-order valence-corrected chi connectivity index (χ3v) is 3.39. The first-order valence-corrected chi connectivity index (χ1v) is 7.61. The molecule has 22 heavy (non-hydrogen) atoms. The summed E-state index contributed by atoms with van der Waals surface area (Å²) in [7, 11) is 0. The van der Waals surface area contributed by atoms with Gasteiger partial charge in [-0.2, -0.15) is 5.10 Å². The van der Waals surface area contributed by atoms with Gasteiger partial charge in [0.05, 0.1) is 24.7 Å². The highest BCUT2D eigenvalue weighted by atomic mass is 16.5. The minimum absolute atomic E-state index is 0.390. The lowest BCUT2D eigenvalue weighted by atomic mass is 10.1. The van der Waals surface area contributed by atoms with Crippen LogP contribution in [0.1, 0.15) is 42.1 Å². The molecule has 118 valence electrons. The molecule has 5 heteroatoms. The Kier molecular flexibility index (Phi) is 5.20. The molecule has 0 saturated carbocycles. The van der Waals surface area contributed by atoms with Crippen LogP contribution in [-0.4, -0.2) is 22.5 Å². The molecule has 0 aliphatic carbocycles. The summed E-state index contributed by atoms with van der Waals surface area (Å²) >= 11 is 0. The topological polar surface area (TPSA) is 65.4 Å². The van der Waals surface area contributed by atoms with Gasteiger partial charge in [0.1, 0.15) is 5.75 Å². The summed E-state index contributed by atoms with van der Waals surface area (Å²) in [6.45, 7) is 8.92. The molecular weight excluding hydrogens is 276 g/mol. The van der Waals surface area contributed by atoms with Gasteiger partial charge in [0, 0.05) is 0 Å². The van der Waals surface area contributed by atoms with Crippen molar-refractivity contribution in [1.29, 1.82) is 0 Å². The summed E-state index contributed by atoms with van der Waals surface area (Å²) in [5.41, 5.74) is 9.88. The van der Waals surface area contributed by atoms with Crippen LogP contribution in [0.15, 0.2) is 23.4 Å². The molecule has 1 heterocycles. The number of nitrogen functional groups attached to an aromatic ring is 1. The van der Waals surface area contributed by atoms with E-state index in [0.29, 0.717) is 5.95 Å². The number of hydrogen-bond donors (Lipinski definition) is 1. The smallest absolute Gasteiger partial charge is 0.221 e. The fourth-order valence-corrected chi connectivity index (χ4v) is 2.33. The Bertz CT molecular complexity index is 650. The quantitative estimate of drug-likeness (QED) is 0.656. The van der Waals surface area contributed by atoms with Crippen LogP contribution in [-0.2, 0) is 0 Å². The van der Waals surface area contributed by atoms with Gasteiger partial charge >= 0.3 is 0 Å². The molecule has 0 aliphatic rings. The van der Waals surface area contributed by atoms with E-state index in [9.17, 15) is 0 Å². The number of unbranched alkanes of at least 4 members (excludes halogenated alkanes) is 1. The molecule has 2 N–H and O–H groups in total. The summed E-state index contributed by atoms with van der Waals surface area (Å²) in [5, 5.41) is 4.35. The average molecular weight is 300 g/mol. The molecule has 0 atom stereocenters. The zero-order valence-corrected chi connectivity index (χ0v) is 13.8. The van der Waals surface area contributed by atoms with Crippen molar-refractivity contribution in [3.05, 3.63) is 40.7 Å². The SMILES string of the molecule is CCCCOc1c(C)cc(C=Nn2cc(C)nc2N)cc1C. The van der Waals surface area contributed by atoms with Crippen molar-refractivity contribution in [3.8, 4) is 5.75 Å². The number of rotatable bonds is 6. The average Bonchev–Trinajstić information content (AvgIpc) is 2.78. The summed E-state index contributed by atoms with van der Waals surface area (Å²) < 4.78 is 7.44. The van der Waals surface area contributed by atoms with E-state index >= 15 is 0 Å². The Balaban J connectivity index is 2.17. The van der Waals surface area contributed by atoms with Gasteiger partial charge in [0.2, 0.25) is 5.95 Å².